The molecular formula is C64H64O20. The average molecular weight is 1150 g/mol. The lowest BCUT2D eigenvalue weighted by Gasteiger charge is -2.31. The van der Waals surface area contributed by atoms with E-state index in [0.29, 0.717) is 0 Å². The highest BCUT2D eigenvalue weighted by molar-refractivity contribution is 5.75. The maximum absolute atomic E-state index is 12.4. The van der Waals surface area contributed by atoms with E-state index in [1.54, 1.807) is 27.7 Å². The number of benzene rings is 8. The molecule has 8 aromatic rings. The smallest absolute Gasteiger partial charge is 0.200 e. The second-order valence-corrected chi connectivity index (χ2v) is 19.5. The fourth-order valence-electron chi connectivity index (χ4n) is 11.2. The Bertz CT molecular complexity index is 3210. The standard InChI is InChI=1S/C64H64O20/c1-9-81-41-17-13-29(21-45(41)77-5)49-33-25-35(55(67)61(73)53(33)65)50(30-14-18-42(82-10-2)46(22-30)78-6)37-27-39(59(71)63(75)57(37)69)52(32-16-20-44(84-12-4)48(24-32)80-8)40-28-38(58(70)64(76)60(40)72)51(36-26-34(49)54(66)62(74)56(36)68)31-15-19-43(83-11-3)47(23-31)79-7/h13-28,49-52,65-76H,9-12H2,1-8H3. The number of aromatic hydroxyl groups is 12. The van der Waals surface area contributed by atoms with Gasteiger partial charge >= 0.3 is 0 Å². The van der Waals surface area contributed by atoms with Crippen LogP contribution < -0.4 is 37.9 Å². The average Bonchev–Trinajstić information content (AvgIpc) is 1.49. The molecule has 0 fully saturated rings. The Labute approximate surface area is 482 Å². The van der Waals surface area contributed by atoms with Crippen LogP contribution in [-0.4, -0.2) is 116 Å². The third kappa shape index (κ3) is 9.98. The fourth-order valence-corrected chi connectivity index (χ4v) is 11.2. The van der Waals surface area contributed by atoms with Crippen LogP contribution in [0.3, 0.4) is 0 Å². The van der Waals surface area contributed by atoms with Gasteiger partial charge in [-0.3, -0.25) is 0 Å². The van der Waals surface area contributed by atoms with Gasteiger partial charge in [-0.2, -0.15) is 0 Å². The minimum Gasteiger partial charge on any atom is -0.504 e. The summed E-state index contributed by atoms with van der Waals surface area (Å²) in [5.74, 6) is -17.0. The van der Waals surface area contributed by atoms with Gasteiger partial charge in [0.25, 0.3) is 0 Å². The zero-order valence-electron chi connectivity index (χ0n) is 47.0. The molecule has 1 aliphatic carbocycles. The van der Waals surface area contributed by atoms with E-state index in [1.807, 2.05) is 0 Å². The molecule has 0 spiro atoms. The first kappa shape index (κ1) is 58.4. The second kappa shape index (κ2) is 23.7. The van der Waals surface area contributed by atoms with Crippen LogP contribution in [0, 0.1) is 0 Å². The molecular weight excluding hydrogens is 1090 g/mol. The molecule has 84 heavy (non-hydrogen) atoms. The first-order valence-corrected chi connectivity index (χ1v) is 26.7. The second-order valence-electron chi connectivity index (χ2n) is 19.5. The SMILES string of the molecule is CCOc1ccc(C2c3cc(c(O)c(O)c3O)C(c3ccc(OCC)c(OC)c3)c3cc(c(O)c(O)c3O)C(c3ccc(OCC)c(OC)c3)c3cc(c(O)c(O)c3O)C(c3ccc(OCC)c(OC)c3)c3cc2c(O)c(O)c3O)cc1OC. The van der Waals surface area contributed by atoms with E-state index in [2.05, 4.69) is 0 Å². The van der Waals surface area contributed by atoms with E-state index in [0.717, 1.165) is 0 Å². The predicted molar refractivity (Wildman–Crippen MR) is 306 cm³/mol. The highest BCUT2D eigenvalue weighted by atomic mass is 16.5. The number of phenols is 12. The normalized spacial score (nSPS) is 15.4. The van der Waals surface area contributed by atoms with Crippen molar-refractivity contribution in [1.82, 2.24) is 0 Å². The summed E-state index contributed by atoms with van der Waals surface area (Å²) in [5.41, 5.74) is -1.82. The molecule has 0 aliphatic heterocycles. The van der Waals surface area contributed by atoms with Gasteiger partial charge in [0.2, 0.25) is 23.0 Å². The zero-order valence-corrected chi connectivity index (χ0v) is 47.0. The molecule has 0 unspecified atom stereocenters. The molecule has 0 heterocycles. The van der Waals surface area contributed by atoms with Gasteiger partial charge in [0.1, 0.15) is 0 Å². The van der Waals surface area contributed by atoms with Crippen molar-refractivity contribution in [2.45, 2.75) is 51.4 Å². The number of ether oxygens (including phenoxy) is 8. The highest BCUT2D eigenvalue weighted by Crippen LogP contribution is 2.61. The molecule has 0 atom stereocenters. The van der Waals surface area contributed by atoms with Crippen molar-refractivity contribution >= 4 is 0 Å². The van der Waals surface area contributed by atoms with Crippen LogP contribution in [0.1, 0.15) is 118 Å². The van der Waals surface area contributed by atoms with Crippen LogP contribution in [-0.2, 0) is 0 Å². The molecule has 12 N–H and O–H groups in total. The van der Waals surface area contributed by atoms with Gasteiger partial charge in [0, 0.05) is 68.2 Å². The molecule has 8 aromatic carbocycles. The summed E-state index contributed by atoms with van der Waals surface area (Å²) >= 11 is 0. The van der Waals surface area contributed by atoms with Crippen LogP contribution in [0.15, 0.2) is 97.1 Å². The number of rotatable bonds is 16. The largest absolute Gasteiger partial charge is 0.504 e. The van der Waals surface area contributed by atoms with E-state index in [4.69, 9.17) is 37.9 Å². The molecule has 9 rings (SSSR count). The molecule has 1 aliphatic rings. The van der Waals surface area contributed by atoms with E-state index in [9.17, 15) is 61.3 Å². The summed E-state index contributed by atoms with van der Waals surface area (Å²) in [4.78, 5) is 0. The summed E-state index contributed by atoms with van der Waals surface area (Å²) in [7, 11) is 5.48. The lowest BCUT2D eigenvalue weighted by molar-refractivity contribution is 0.310. The quantitative estimate of drug-likeness (QED) is 0.0400. The van der Waals surface area contributed by atoms with Crippen LogP contribution >= 0.6 is 0 Å². The summed E-state index contributed by atoms with van der Waals surface area (Å²) in [6.45, 7) is 7.83. The van der Waals surface area contributed by atoms with Crippen LogP contribution in [0.25, 0.3) is 0 Å². The first-order chi connectivity index (χ1) is 40.3. The Balaban J connectivity index is 1.56. The Morgan fingerprint density at radius 3 is 0.548 bits per heavy atom. The molecule has 0 saturated carbocycles. The van der Waals surface area contributed by atoms with Crippen molar-refractivity contribution in [2.24, 2.45) is 0 Å². The topological polar surface area (TPSA) is 317 Å². The molecule has 0 saturated heterocycles. The molecule has 20 heteroatoms. The van der Waals surface area contributed by atoms with Crippen LogP contribution in [0.5, 0.6) is 115 Å². The third-order valence-corrected chi connectivity index (χ3v) is 15.0. The van der Waals surface area contributed by atoms with Gasteiger partial charge < -0.3 is 99.2 Å². The lowest BCUT2D eigenvalue weighted by Crippen LogP contribution is -2.14. The van der Waals surface area contributed by atoms with E-state index < -0.39 is 92.7 Å². The summed E-state index contributed by atoms with van der Waals surface area (Å²) in [6.07, 6.45) is 0. The number of fused-ring (bicyclic) bond motifs is 8. The van der Waals surface area contributed by atoms with Crippen molar-refractivity contribution in [3.05, 3.63) is 164 Å². The number of phenolic OH excluding ortho intramolecular Hbond substituents is 12. The maximum Gasteiger partial charge on any atom is 0.200 e. The van der Waals surface area contributed by atoms with E-state index in [-0.39, 0.29) is 139 Å². The minimum absolute atomic E-state index is 0.138. The highest BCUT2D eigenvalue weighted by Gasteiger charge is 2.40. The summed E-state index contributed by atoms with van der Waals surface area (Å²) in [5, 5.41) is 148. The molecule has 0 radical (unpaired) electrons. The van der Waals surface area contributed by atoms with Crippen molar-refractivity contribution in [3.8, 4) is 115 Å². The molecule has 0 amide bonds. The molecule has 440 valence electrons. The molecule has 20 nitrogen and oxygen atoms in total. The fraction of sp³-hybridized carbons (Fsp3) is 0.250. The first-order valence-electron chi connectivity index (χ1n) is 26.7. The monoisotopic (exact) mass is 1150 g/mol. The maximum atomic E-state index is 12.4. The van der Waals surface area contributed by atoms with Gasteiger partial charge in [-0.05, 0) is 123 Å². The molecule has 0 aromatic heterocycles. The minimum atomic E-state index is -1.60. The Hall–Kier alpha value is -10.2. The van der Waals surface area contributed by atoms with Crippen molar-refractivity contribution < 1.29 is 99.2 Å². The van der Waals surface area contributed by atoms with Crippen molar-refractivity contribution in [2.75, 3.05) is 54.9 Å². The van der Waals surface area contributed by atoms with Crippen LogP contribution in [0.4, 0.5) is 0 Å². The summed E-state index contributed by atoms with van der Waals surface area (Å²) in [6, 6.07) is 23.3. The van der Waals surface area contributed by atoms with Gasteiger partial charge in [-0.25, -0.2) is 0 Å². The third-order valence-electron chi connectivity index (χ3n) is 15.0. The van der Waals surface area contributed by atoms with E-state index in [1.165, 1.54) is 126 Å². The lowest BCUT2D eigenvalue weighted by atomic mass is 9.74. The Morgan fingerprint density at radius 1 is 0.238 bits per heavy atom. The number of methoxy groups -OCH3 is 4. The van der Waals surface area contributed by atoms with Gasteiger partial charge in [-0.15, -0.1) is 0 Å². The van der Waals surface area contributed by atoms with Gasteiger partial charge in [0.15, 0.2) is 92.0 Å². The van der Waals surface area contributed by atoms with Gasteiger partial charge in [0.05, 0.1) is 54.9 Å². The predicted octanol–water partition coefficient (Wildman–Crippen LogP) is 10.8. The van der Waals surface area contributed by atoms with Crippen LogP contribution in [0.2, 0.25) is 0 Å². The number of hydrogen-bond donors (Lipinski definition) is 12. The Morgan fingerprint density at radius 2 is 0.405 bits per heavy atom. The van der Waals surface area contributed by atoms with Crippen molar-refractivity contribution in [1.29, 1.82) is 0 Å². The van der Waals surface area contributed by atoms with Gasteiger partial charge in [-0.1, -0.05) is 24.3 Å². The Kier molecular flexibility index (Phi) is 16.5. The van der Waals surface area contributed by atoms with E-state index >= 15 is 0 Å². The number of hydrogen-bond acceptors (Lipinski definition) is 20. The zero-order chi connectivity index (χ0) is 60.6. The summed E-state index contributed by atoms with van der Waals surface area (Å²) < 4.78 is 46.6. The van der Waals surface area contributed by atoms with Crippen molar-refractivity contribution in [3.63, 3.8) is 0 Å². The molecule has 8 bridgehead atoms.